The van der Waals surface area contributed by atoms with E-state index in [4.69, 9.17) is 16.9 Å². The van der Waals surface area contributed by atoms with Crippen molar-refractivity contribution in [1.29, 1.82) is 5.26 Å². The molecule has 4 nitrogen and oxygen atoms in total. The van der Waals surface area contributed by atoms with Crippen molar-refractivity contribution in [1.82, 2.24) is 4.98 Å². The van der Waals surface area contributed by atoms with Gasteiger partial charge in [0, 0.05) is 6.20 Å². The van der Waals surface area contributed by atoms with E-state index < -0.39 is 33.4 Å². The van der Waals surface area contributed by atoms with Crippen LogP contribution in [0.5, 0.6) is 0 Å². The summed E-state index contributed by atoms with van der Waals surface area (Å²) in [6.45, 7) is 0. The molecule has 0 aliphatic carbocycles. The predicted molar refractivity (Wildman–Crippen MR) is 62.1 cm³/mol. The van der Waals surface area contributed by atoms with Gasteiger partial charge in [0.1, 0.15) is 0 Å². The van der Waals surface area contributed by atoms with Crippen LogP contribution in [0.1, 0.15) is 17.4 Å². The van der Waals surface area contributed by atoms with Gasteiger partial charge in [0.15, 0.2) is 15.1 Å². The Hall–Kier alpha value is -1.33. The monoisotopic (exact) mass is 312 g/mol. The normalized spacial score (nSPS) is 13.8. The fraction of sp³-hybridized carbons (Fsp3) is 0.400. The number of hydrogen-bond donors (Lipinski definition) is 0. The first-order valence-corrected chi connectivity index (χ1v) is 7.04. The van der Waals surface area contributed by atoms with Crippen LogP contribution in [0.15, 0.2) is 18.3 Å². The summed E-state index contributed by atoms with van der Waals surface area (Å²) >= 11 is 5.55. The summed E-state index contributed by atoms with van der Waals surface area (Å²) in [5.41, 5.74) is -0.144. The van der Waals surface area contributed by atoms with Gasteiger partial charge in [-0.25, -0.2) is 8.42 Å². The Kier molecular flexibility index (Phi) is 4.76. The Morgan fingerprint density at radius 2 is 2.05 bits per heavy atom. The first-order chi connectivity index (χ1) is 8.65. The zero-order valence-electron chi connectivity index (χ0n) is 9.35. The molecule has 1 unspecified atom stereocenters. The highest BCUT2D eigenvalue weighted by molar-refractivity contribution is 7.91. The number of pyridine rings is 1. The molecule has 1 aromatic heterocycles. The zero-order valence-corrected chi connectivity index (χ0v) is 10.9. The first-order valence-electron chi connectivity index (χ1n) is 4.95. The van der Waals surface area contributed by atoms with Gasteiger partial charge in [-0.15, -0.1) is 0 Å². The van der Waals surface area contributed by atoms with E-state index in [1.807, 2.05) is 0 Å². The zero-order chi connectivity index (χ0) is 14.7. The molecule has 0 radical (unpaired) electrons. The van der Waals surface area contributed by atoms with Crippen LogP contribution in [0.25, 0.3) is 0 Å². The summed E-state index contributed by atoms with van der Waals surface area (Å²) in [4.78, 5) is 3.65. The number of nitrogens with zero attached hydrogens (tertiary/aromatic N) is 2. The maximum atomic E-state index is 12.0. The van der Waals surface area contributed by atoms with Gasteiger partial charge >= 0.3 is 6.18 Å². The van der Waals surface area contributed by atoms with Gasteiger partial charge in [0.25, 0.3) is 0 Å². The molecular formula is C10H8ClF3N2O2S. The number of rotatable bonds is 4. The maximum absolute atomic E-state index is 12.0. The van der Waals surface area contributed by atoms with Crippen molar-refractivity contribution in [3.05, 3.63) is 29.0 Å². The molecule has 0 aliphatic heterocycles. The lowest BCUT2D eigenvalue weighted by molar-refractivity contribution is -0.129. The van der Waals surface area contributed by atoms with E-state index in [1.165, 1.54) is 18.2 Å². The van der Waals surface area contributed by atoms with Crippen LogP contribution in [0.2, 0.25) is 5.02 Å². The van der Waals surface area contributed by atoms with E-state index in [1.54, 1.807) is 0 Å². The Bertz CT molecular complexity index is 578. The molecule has 1 aromatic rings. The van der Waals surface area contributed by atoms with Gasteiger partial charge in [-0.05, 0) is 12.1 Å². The summed E-state index contributed by atoms with van der Waals surface area (Å²) < 4.78 is 59.5. The molecule has 104 valence electrons. The Labute approximate surface area is 112 Å². The molecule has 1 rings (SSSR count). The van der Waals surface area contributed by atoms with Crippen LogP contribution in [0, 0.1) is 11.3 Å². The minimum absolute atomic E-state index is 0.144. The number of sulfone groups is 1. The summed E-state index contributed by atoms with van der Waals surface area (Å²) in [6, 6.07) is 3.96. The second kappa shape index (κ2) is 5.75. The van der Waals surface area contributed by atoms with E-state index in [2.05, 4.69) is 4.98 Å². The fourth-order valence-electron chi connectivity index (χ4n) is 1.25. The van der Waals surface area contributed by atoms with Crippen molar-refractivity contribution >= 4 is 21.4 Å². The quantitative estimate of drug-likeness (QED) is 0.857. The van der Waals surface area contributed by atoms with Gasteiger partial charge in [0.05, 0.1) is 29.0 Å². The van der Waals surface area contributed by atoms with E-state index in [9.17, 15) is 21.6 Å². The molecule has 0 aromatic carbocycles. The van der Waals surface area contributed by atoms with E-state index in [0.29, 0.717) is 0 Å². The van der Waals surface area contributed by atoms with E-state index in [0.717, 1.165) is 6.20 Å². The minimum atomic E-state index is -4.60. The lowest BCUT2D eigenvalue weighted by Crippen LogP contribution is -2.21. The maximum Gasteiger partial charge on any atom is 0.390 e. The largest absolute Gasteiger partial charge is 0.390 e. The van der Waals surface area contributed by atoms with Gasteiger partial charge in [-0.2, -0.15) is 18.4 Å². The van der Waals surface area contributed by atoms with E-state index >= 15 is 0 Å². The van der Waals surface area contributed by atoms with Crippen molar-refractivity contribution in [3.8, 4) is 6.07 Å². The second-order valence-corrected chi connectivity index (χ2v) is 6.28. The lowest BCUT2D eigenvalue weighted by atomic mass is 10.3. The van der Waals surface area contributed by atoms with E-state index in [-0.39, 0.29) is 10.7 Å². The van der Waals surface area contributed by atoms with Gasteiger partial charge in [-0.3, -0.25) is 4.98 Å². The van der Waals surface area contributed by atoms with Crippen molar-refractivity contribution in [2.45, 2.75) is 17.8 Å². The fourth-order valence-corrected chi connectivity index (χ4v) is 2.78. The molecule has 0 saturated heterocycles. The predicted octanol–water partition coefficient (Wildman–Crippen LogP) is 2.67. The molecule has 0 saturated carbocycles. The smallest absolute Gasteiger partial charge is 0.257 e. The molecule has 0 amide bonds. The van der Waals surface area contributed by atoms with Crippen molar-refractivity contribution in [2.24, 2.45) is 0 Å². The number of nitriles is 1. The SMILES string of the molecule is N#CC(c1ccc(Cl)cn1)S(=O)(=O)CCC(F)(F)F. The third kappa shape index (κ3) is 4.69. The second-order valence-electron chi connectivity index (χ2n) is 3.64. The van der Waals surface area contributed by atoms with Crippen LogP contribution in [0.3, 0.4) is 0 Å². The number of aromatic nitrogens is 1. The summed E-state index contributed by atoms with van der Waals surface area (Å²) in [5, 5.41) is 7.33. The van der Waals surface area contributed by atoms with Crippen LogP contribution in [-0.2, 0) is 9.84 Å². The summed E-state index contributed by atoms with van der Waals surface area (Å²) in [6.07, 6.45) is -4.97. The first kappa shape index (κ1) is 15.7. The standard InChI is InChI=1S/C10H8ClF3N2O2S/c11-7-1-2-8(16-6-7)9(5-15)19(17,18)4-3-10(12,13)14/h1-2,6,9H,3-4H2. The molecule has 1 atom stereocenters. The Morgan fingerprint density at radius 1 is 1.42 bits per heavy atom. The van der Waals surface area contributed by atoms with Crippen LogP contribution < -0.4 is 0 Å². The minimum Gasteiger partial charge on any atom is -0.257 e. The Morgan fingerprint density at radius 3 is 2.47 bits per heavy atom. The molecule has 9 heteroatoms. The Balaban J connectivity index is 2.97. The summed E-state index contributed by atoms with van der Waals surface area (Å²) in [5.74, 6) is -1.15. The lowest BCUT2D eigenvalue weighted by Gasteiger charge is -2.11. The average Bonchev–Trinajstić information content (AvgIpc) is 2.29. The van der Waals surface area contributed by atoms with Crippen molar-refractivity contribution in [2.75, 3.05) is 5.75 Å². The molecule has 0 bridgehead atoms. The highest BCUT2D eigenvalue weighted by atomic mass is 35.5. The number of hydrogen-bond acceptors (Lipinski definition) is 4. The van der Waals surface area contributed by atoms with Crippen molar-refractivity contribution in [3.63, 3.8) is 0 Å². The third-order valence-corrected chi connectivity index (χ3v) is 4.23. The summed E-state index contributed by atoms with van der Waals surface area (Å²) in [7, 11) is -4.26. The van der Waals surface area contributed by atoms with Crippen molar-refractivity contribution < 1.29 is 21.6 Å². The number of alkyl halides is 3. The molecular weight excluding hydrogens is 305 g/mol. The topological polar surface area (TPSA) is 70.8 Å². The molecule has 0 aliphatic rings. The third-order valence-electron chi connectivity index (χ3n) is 2.17. The molecule has 0 N–H and O–H groups in total. The van der Waals surface area contributed by atoms with Crippen LogP contribution in [-0.4, -0.2) is 25.3 Å². The molecule has 0 spiro atoms. The van der Waals surface area contributed by atoms with Crippen LogP contribution >= 0.6 is 11.6 Å². The highest BCUT2D eigenvalue weighted by Crippen LogP contribution is 2.26. The molecule has 0 fully saturated rings. The average molecular weight is 313 g/mol. The molecule has 1 heterocycles. The molecule has 19 heavy (non-hydrogen) atoms. The van der Waals surface area contributed by atoms with Crippen LogP contribution in [0.4, 0.5) is 13.2 Å². The van der Waals surface area contributed by atoms with Gasteiger partial charge in [0.2, 0.25) is 0 Å². The highest BCUT2D eigenvalue weighted by Gasteiger charge is 2.34. The van der Waals surface area contributed by atoms with Gasteiger partial charge < -0.3 is 0 Å². The van der Waals surface area contributed by atoms with Gasteiger partial charge in [-0.1, -0.05) is 11.6 Å². The number of halogens is 4.